The van der Waals surface area contributed by atoms with E-state index in [0.29, 0.717) is 16.8 Å². The van der Waals surface area contributed by atoms with E-state index in [0.717, 1.165) is 0 Å². The summed E-state index contributed by atoms with van der Waals surface area (Å²) in [7, 11) is -2.07. The van der Waals surface area contributed by atoms with Gasteiger partial charge in [-0.3, -0.25) is 9.59 Å². The molecule has 0 atom stereocenters. The van der Waals surface area contributed by atoms with Crippen LogP contribution in [0.3, 0.4) is 0 Å². The Morgan fingerprint density at radius 1 is 1.03 bits per heavy atom. The number of nitrogens with zero attached hydrogens (tertiary/aromatic N) is 2. The Hall–Kier alpha value is -3.04. The number of nitrogens with one attached hydrogen (secondary N) is 2. The van der Waals surface area contributed by atoms with Gasteiger partial charge in [0.15, 0.2) is 0 Å². The number of hydrazone groups is 1. The van der Waals surface area contributed by atoms with Gasteiger partial charge in [-0.05, 0) is 30.3 Å². The SMILES string of the molecule is CNS(=O)(=O)Cc1ccccc1CNC(=O)C1=NN(c2ccccc2)C(=O)CC1. The van der Waals surface area contributed by atoms with Crippen LogP contribution < -0.4 is 15.0 Å². The van der Waals surface area contributed by atoms with Gasteiger partial charge in [0, 0.05) is 19.4 Å². The summed E-state index contributed by atoms with van der Waals surface area (Å²) in [5.41, 5.74) is 2.17. The Balaban J connectivity index is 1.72. The average molecular weight is 414 g/mol. The molecule has 1 aliphatic heterocycles. The van der Waals surface area contributed by atoms with Gasteiger partial charge in [-0.15, -0.1) is 0 Å². The second-order valence-electron chi connectivity index (χ2n) is 6.50. The molecule has 1 aliphatic rings. The number of benzene rings is 2. The fraction of sp³-hybridized carbons (Fsp3) is 0.250. The van der Waals surface area contributed by atoms with E-state index >= 15 is 0 Å². The quantitative estimate of drug-likeness (QED) is 0.716. The fourth-order valence-electron chi connectivity index (χ4n) is 2.91. The lowest BCUT2D eigenvalue weighted by Crippen LogP contribution is -2.39. The van der Waals surface area contributed by atoms with E-state index < -0.39 is 10.0 Å². The number of anilines is 1. The van der Waals surface area contributed by atoms with Crippen LogP contribution in [0, 0.1) is 0 Å². The van der Waals surface area contributed by atoms with Crippen molar-refractivity contribution in [1.29, 1.82) is 0 Å². The van der Waals surface area contributed by atoms with Crippen molar-refractivity contribution in [3.63, 3.8) is 0 Å². The number of amides is 2. The largest absolute Gasteiger partial charge is 0.347 e. The number of carbonyl (C=O) groups is 2. The number of sulfonamides is 1. The van der Waals surface area contributed by atoms with E-state index in [2.05, 4.69) is 15.1 Å². The van der Waals surface area contributed by atoms with E-state index in [9.17, 15) is 18.0 Å². The Kier molecular flexibility index (Phi) is 6.40. The van der Waals surface area contributed by atoms with Crippen molar-refractivity contribution >= 4 is 33.2 Å². The van der Waals surface area contributed by atoms with Crippen LogP contribution in [-0.2, 0) is 31.9 Å². The summed E-state index contributed by atoms with van der Waals surface area (Å²) < 4.78 is 26.0. The molecule has 2 amide bonds. The van der Waals surface area contributed by atoms with Crippen molar-refractivity contribution in [3.8, 4) is 0 Å². The summed E-state index contributed by atoms with van der Waals surface area (Å²) in [6.07, 6.45) is 0.446. The summed E-state index contributed by atoms with van der Waals surface area (Å²) >= 11 is 0. The molecule has 29 heavy (non-hydrogen) atoms. The lowest BCUT2D eigenvalue weighted by molar-refractivity contribution is -0.119. The number of hydrogen-bond acceptors (Lipinski definition) is 5. The molecule has 0 spiro atoms. The maximum absolute atomic E-state index is 12.6. The van der Waals surface area contributed by atoms with Gasteiger partial charge in [0.05, 0.1) is 11.4 Å². The van der Waals surface area contributed by atoms with Gasteiger partial charge in [-0.25, -0.2) is 18.1 Å². The zero-order chi connectivity index (χ0) is 20.9. The maximum Gasteiger partial charge on any atom is 0.267 e. The van der Waals surface area contributed by atoms with Crippen LogP contribution in [0.25, 0.3) is 0 Å². The third-order valence-electron chi connectivity index (χ3n) is 4.51. The molecular weight excluding hydrogens is 392 g/mol. The normalized spacial score (nSPS) is 14.4. The van der Waals surface area contributed by atoms with Gasteiger partial charge >= 0.3 is 0 Å². The van der Waals surface area contributed by atoms with E-state index in [1.807, 2.05) is 6.07 Å². The molecule has 0 fully saturated rings. The van der Waals surface area contributed by atoms with Gasteiger partial charge in [0.25, 0.3) is 5.91 Å². The molecule has 2 N–H and O–H groups in total. The third kappa shape index (κ3) is 5.27. The number of hydrogen-bond donors (Lipinski definition) is 2. The molecule has 0 saturated carbocycles. The number of para-hydroxylation sites is 1. The Morgan fingerprint density at radius 2 is 1.69 bits per heavy atom. The molecule has 0 aromatic heterocycles. The van der Waals surface area contributed by atoms with Crippen LogP contribution in [0.2, 0.25) is 0 Å². The second-order valence-corrected chi connectivity index (χ2v) is 8.43. The molecule has 0 bridgehead atoms. The summed E-state index contributed by atoms with van der Waals surface area (Å²) in [6.45, 7) is 0.159. The maximum atomic E-state index is 12.6. The van der Waals surface area contributed by atoms with Gasteiger partial charge in [-0.2, -0.15) is 5.10 Å². The van der Waals surface area contributed by atoms with E-state index in [4.69, 9.17) is 0 Å². The zero-order valence-corrected chi connectivity index (χ0v) is 16.8. The van der Waals surface area contributed by atoms with E-state index in [1.165, 1.54) is 12.1 Å². The van der Waals surface area contributed by atoms with E-state index in [-0.39, 0.29) is 42.7 Å². The third-order valence-corrected chi connectivity index (χ3v) is 5.82. The molecule has 2 aromatic rings. The summed E-state index contributed by atoms with van der Waals surface area (Å²) in [6, 6.07) is 15.9. The van der Waals surface area contributed by atoms with Crippen LogP contribution in [0.1, 0.15) is 24.0 Å². The predicted octanol–water partition coefficient (Wildman–Crippen LogP) is 1.53. The molecule has 0 aliphatic carbocycles. The highest BCUT2D eigenvalue weighted by molar-refractivity contribution is 7.88. The monoisotopic (exact) mass is 414 g/mol. The minimum atomic E-state index is -3.43. The molecule has 8 nitrogen and oxygen atoms in total. The molecule has 0 saturated heterocycles. The first-order valence-electron chi connectivity index (χ1n) is 9.11. The minimum Gasteiger partial charge on any atom is -0.347 e. The first kappa shape index (κ1) is 20.7. The average Bonchev–Trinajstić information content (AvgIpc) is 2.73. The molecule has 1 heterocycles. The first-order valence-corrected chi connectivity index (χ1v) is 10.8. The van der Waals surface area contributed by atoms with E-state index in [1.54, 1.807) is 48.5 Å². The van der Waals surface area contributed by atoms with Crippen molar-refractivity contribution in [2.45, 2.75) is 25.1 Å². The summed E-state index contributed by atoms with van der Waals surface area (Å²) in [5, 5.41) is 8.24. The smallest absolute Gasteiger partial charge is 0.267 e. The standard InChI is InChI=1S/C20H22N4O4S/c1-21-29(27,28)14-16-8-6-5-7-15(16)13-22-20(26)18-11-12-19(25)24(23-18)17-9-3-2-4-10-17/h2-10,21H,11-14H2,1H3,(H,22,26). The topological polar surface area (TPSA) is 108 Å². The van der Waals surface area contributed by atoms with Crippen LogP contribution >= 0.6 is 0 Å². The predicted molar refractivity (Wildman–Crippen MR) is 111 cm³/mol. The number of carbonyl (C=O) groups excluding carboxylic acids is 2. The van der Waals surface area contributed by atoms with Crippen LogP contribution in [0.15, 0.2) is 59.7 Å². The fourth-order valence-corrected chi connectivity index (χ4v) is 3.75. The van der Waals surface area contributed by atoms with Crippen molar-refractivity contribution in [2.75, 3.05) is 12.1 Å². The summed E-state index contributed by atoms with van der Waals surface area (Å²) in [4.78, 5) is 24.8. The van der Waals surface area contributed by atoms with Crippen LogP contribution in [0.4, 0.5) is 5.69 Å². The lowest BCUT2D eigenvalue weighted by Gasteiger charge is -2.23. The Labute approximate surface area is 169 Å². The van der Waals surface area contributed by atoms with Crippen molar-refractivity contribution < 1.29 is 18.0 Å². The van der Waals surface area contributed by atoms with Crippen molar-refractivity contribution in [2.24, 2.45) is 5.10 Å². The van der Waals surface area contributed by atoms with Gasteiger partial charge in [0.2, 0.25) is 15.9 Å². The van der Waals surface area contributed by atoms with Crippen molar-refractivity contribution in [3.05, 3.63) is 65.7 Å². The second kappa shape index (κ2) is 8.97. The van der Waals surface area contributed by atoms with Gasteiger partial charge < -0.3 is 5.32 Å². The minimum absolute atomic E-state index is 0.159. The van der Waals surface area contributed by atoms with Crippen LogP contribution in [-0.4, -0.2) is 33.0 Å². The van der Waals surface area contributed by atoms with Gasteiger partial charge in [-0.1, -0.05) is 42.5 Å². The first-order chi connectivity index (χ1) is 13.9. The highest BCUT2D eigenvalue weighted by atomic mass is 32.2. The zero-order valence-electron chi connectivity index (χ0n) is 16.0. The molecule has 0 unspecified atom stereocenters. The molecule has 0 radical (unpaired) electrons. The van der Waals surface area contributed by atoms with Crippen LogP contribution in [0.5, 0.6) is 0 Å². The lowest BCUT2D eigenvalue weighted by atomic mass is 10.1. The van der Waals surface area contributed by atoms with Gasteiger partial charge in [0.1, 0.15) is 5.71 Å². The molecular formula is C20H22N4O4S. The molecule has 152 valence electrons. The molecule has 2 aromatic carbocycles. The van der Waals surface area contributed by atoms with Crippen molar-refractivity contribution in [1.82, 2.24) is 10.0 Å². The Bertz CT molecular complexity index is 1040. The highest BCUT2D eigenvalue weighted by Gasteiger charge is 2.25. The molecule has 9 heteroatoms. The molecule has 3 rings (SSSR count). The summed E-state index contributed by atoms with van der Waals surface area (Å²) in [5.74, 6) is -0.729. The highest BCUT2D eigenvalue weighted by Crippen LogP contribution is 2.20. The Morgan fingerprint density at radius 3 is 2.38 bits per heavy atom. The number of rotatable bonds is 7.